The third-order valence-electron chi connectivity index (χ3n) is 2.42. The van der Waals surface area contributed by atoms with Gasteiger partial charge in [-0.1, -0.05) is 36.4 Å². The predicted octanol–water partition coefficient (Wildman–Crippen LogP) is 2.20. The zero-order valence-corrected chi connectivity index (χ0v) is 11.4. The highest BCUT2D eigenvalue weighted by molar-refractivity contribution is 8.28. The normalized spacial score (nSPS) is 12.8. The molecular weight excluding hydrogens is 282 g/mol. The smallest absolute Gasteiger partial charge is 0.232 e. The largest absolute Gasteiger partial charge is 0.281 e. The second-order valence-corrected chi connectivity index (χ2v) is 7.25. The van der Waals surface area contributed by atoms with E-state index in [1.807, 2.05) is 0 Å². The van der Waals surface area contributed by atoms with Crippen molar-refractivity contribution in [1.29, 1.82) is 5.41 Å². The van der Waals surface area contributed by atoms with Crippen LogP contribution in [-0.2, 0) is 20.6 Å². The highest BCUT2D eigenvalue weighted by atomic mass is 32.3. The SMILES string of the molecule is N=C(S(=O)c1ccccc1)S(=O)(=O)c1ccccc1. The van der Waals surface area contributed by atoms with E-state index >= 15 is 0 Å². The molecule has 0 aromatic heterocycles. The molecular formula is C13H11NO3S2. The molecule has 0 radical (unpaired) electrons. The van der Waals surface area contributed by atoms with E-state index in [9.17, 15) is 12.6 Å². The summed E-state index contributed by atoms with van der Waals surface area (Å²) in [5.74, 6) is 0. The van der Waals surface area contributed by atoms with Gasteiger partial charge in [0.05, 0.1) is 4.90 Å². The van der Waals surface area contributed by atoms with Gasteiger partial charge in [0.2, 0.25) is 14.2 Å². The molecule has 0 heterocycles. The summed E-state index contributed by atoms with van der Waals surface area (Å²) < 4.78 is 35.5. The first-order valence-corrected chi connectivity index (χ1v) is 8.02. The molecule has 0 spiro atoms. The molecule has 4 nitrogen and oxygen atoms in total. The molecule has 1 N–H and O–H groups in total. The fourth-order valence-corrected chi connectivity index (χ4v) is 4.18. The van der Waals surface area contributed by atoms with Gasteiger partial charge >= 0.3 is 0 Å². The summed E-state index contributed by atoms with van der Waals surface area (Å²) in [4.78, 5) is 0.274. The van der Waals surface area contributed by atoms with Gasteiger partial charge in [-0.25, -0.2) is 12.6 Å². The molecule has 0 saturated heterocycles. The minimum atomic E-state index is -4.00. The summed E-state index contributed by atoms with van der Waals surface area (Å²) in [5, 5.41) is 7.68. The van der Waals surface area contributed by atoms with E-state index in [0.717, 1.165) is 0 Å². The van der Waals surface area contributed by atoms with Gasteiger partial charge in [0.1, 0.15) is 10.8 Å². The fourth-order valence-electron chi connectivity index (χ4n) is 1.46. The van der Waals surface area contributed by atoms with Crippen LogP contribution >= 0.6 is 0 Å². The molecule has 2 aromatic rings. The van der Waals surface area contributed by atoms with Gasteiger partial charge in [-0.2, -0.15) is 0 Å². The first-order valence-electron chi connectivity index (χ1n) is 5.39. The van der Waals surface area contributed by atoms with Gasteiger partial charge in [0, 0.05) is 4.90 Å². The molecule has 19 heavy (non-hydrogen) atoms. The topological polar surface area (TPSA) is 75.1 Å². The van der Waals surface area contributed by atoms with Crippen LogP contribution in [0.5, 0.6) is 0 Å². The van der Waals surface area contributed by atoms with Crippen LogP contribution in [0.2, 0.25) is 0 Å². The Balaban J connectivity index is 2.38. The molecule has 0 aliphatic heterocycles. The lowest BCUT2D eigenvalue weighted by atomic mass is 10.4. The summed E-state index contributed by atoms with van der Waals surface area (Å²) in [6.07, 6.45) is 0. The summed E-state index contributed by atoms with van der Waals surface area (Å²) in [6, 6.07) is 15.7. The maximum Gasteiger partial charge on any atom is 0.232 e. The van der Waals surface area contributed by atoms with E-state index in [0.29, 0.717) is 4.90 Å². The highest BCUT2D eigenvalue weighted by Gasteiger charge is 2.26. The van der Waals surface area contributed by atoms with Gasteiger partial charge in [0.25, 0.3) is 0 Å². The maximum absolute atomic E-state index is 12.1. The van der Waals surface area contributed by atoms with Crippen LogP contribution in [0.1, 0.15) is 0 Å². The highest BCUT2D eigenvalue weighted by Crippen LogP contribution is 2.17. The quantitative estimate of drug-likeness (QED) is 0.681. The minimum absolute atomic E-state index is 0.0238. The number of nitrogens with one attached hydrogen (secondary N) is 1. The second kappa shape index (κ2) is 5.46. The van der Waals surface area contributed by atoms with E-state index in [1.54, 1.807) is 36.4 Å². The molecule has 2 rings (SSSR count). The van der Waals surface area contributed by atoms with Crippen LogP contribution in [0.4, 0.5) is 0 Å². The Morgan fingerprint density at radius 1 is 0.895 bits per heavy atom. The molecule has 6 heteroatoms. The molecule has 0 amide bonds. The van der Waals surface area contributed by atoms with E-state index in [1.165, 1.54) is 24.3 Å². The van der Waals surface area contributed by atoms with Crippen molar-refractivity contribution in [1.82, 2.24) is 0 Å². The molecule has 0 aliphatic rings. The average molecular weight is 293 g/mol. The van der Waals surface area contributed by atoms with E-state index in [4.69, 9.17) is 5.41 Å². The Labute approximate surface area is 114 Å². The van der Waals surface area contributed by atoms with Crippen LogP contribution in [0.3, 0.4) is 0 Å². The van der Waals surface area contributed by atoms with Gasteiger partial charge in [-0.05, 0) is 24.3 Å². The standard InChI is InChI=1S/C13H11NO3S2/c14-13(18(15)11-7-3-1-4-8-11)19(16,17)12-9-5-2-6-10-12/h1-10,14H. The molecule has 98 valence electrons. The van der Waals surface area contributed by atoms with Crippen molar-refractivity contribution in [2.75, 3.05) is 0 Å². The molecule has 0 aliphatic carbocycles. The molecule has 1 atom stereocenters. The van der Waals surface area contributed by atoms with Crippen molar-refractivity contribution in [3.63, 3.8) is 0 Å². The lowest BCUT2D eigenvalue weighted by Crippen LogP contribution is -2.19. The number of benzene rings is 2. The first-order chi connectivity index (χ1) is 9.03. The fraction of sp³-hybridized carbons (Fsp3) is 0. The number of sulfone groups is 1. The molecule has 0 bridgehead atoms. The van der Waals surface area contributed by atoms with Crippen LogP contribution in [-0.4, -0.2) is 17.0 Å². The lowest BCUT2D eigenvalue weighted by Gasteiger charge is -2.05. The second-order valence-electron chi connectivity index (χ2n) is 3.69. The summed E-state index contributed by atoms with van der Waals surface area (Å²) in [6.45, 7) is 0. The number of hydrogen-bond acceptors (Lipinski definition) is 4. The molecule has 0 saturated carbocycles. The van der Waals surface area contributed by atoms with Crippen molar-refractivity contribution in [3.05, 3.63) is 60.7 Å². The van der Waals surface area contributed by atoms with Crippen molar-refractivity contribution in [3.8, 4) is 0 Å². The zero-order valence-electron chi connectivity index (χ0n) is 9.81. The predicted molar refractivity (Wildman–Crippen MR) is 74.2 cm³/mol. The van der Waals surface area contributed by atoms with Crippen molar-refractivity contribution < 1.29 is 12.6 Å². The average Bonchev–Trinajstić information content (AvgIpc) is 2.47. The first kappa shape index (κ1) is 13.6. The van der Waals surface area contributed by atoms with E-state index < -0.39 is 25.0 Å². The molecule has 0 fully saturated rings. The van der Waals surface area contributed by atoms with Crippen LogP contribution < -0.4 is 0 Å². The third-order valence-corrected chi connectivity index (χ3v) is 5.95. The Bertz CT molecular complexity index is 710. The van der Waals surface area contributed by atoms with E-state index in [2.05, 4.69) is 0 Å². The Morgan fingerprint density at radius 3 is 1.89 bits per heavy atom. The van der Waals surface area contributed by atoms with Gasteiger partial charge < -0.3 is 0 Å². The zero-order chi connectivity index (χ0) is 13.9. The molecule has 1 unspecified atom stereocenters. The van der Waals surface area contributed by atoms with Crippen molar-refractivity contribution in [2.24, 2.45) is 0 Å². The van der Waals surface area contributed by atoms with Gasteiger partial charge in [-0.15, -0.1) is 0 Å². The maximum atomic E-state index is 12.1. The van der Waals surface area contributed by atoms with Gasteiger partial charge in [-0.3, -0.25) is 5.41 Å². The Morgan fingerprint density at radius 2 is 1.37 bits per heavy atom. The van der Waals surface area contributed by atoms with E-state index in [-0.39, 0.29) is 4.90 Å². The summed E-state index contributed by atoms with van der Waals surface area (Å²) in [5.41, 5.74) is 0. The lowest BCUT2D eigenvalue weighted by molar-refractivity contribution is 0.607. The van der Waals surface area contributed by atoms with Crippen LogP contribution in [0.15, 0.2) is 70.5 Å². The number of hydrogen-bond donors (Lipinski definition) is 1. The number of rotatable bonds is 2. The van der Waals surface area contributed by atoms with Crippen LogP contribution in [0.25, 0.3) is 0 Å². The van der Waals surface area contributed by atoms with Crippen LogP contribution in [0, 0.1) is 5.41 Å². The van der Waals surface area contributed by atoms with Crippen molar-refractivity contribution in [2.45, 2.75) is 9.79 Å². The molecule has 2 aromatic carbocycles. The Kier molecular flexibility index (Phi) is 3.92. The minimum Gasteiger partial charge on any atom is -0.281 e. The summed E-state index contributed by atoms with van der Waals surface area (Å²) >= 11 is 0. The third kappa shape index (κ3) is 2.80. The summed E-state index contributed by atoms with van der Waals surface area (Å²) in [7, 11) is -6.01. The Hall–Kier alpha value is -1.79. The monoisotopic (exact) mass is 293 g/mol. The van der Waals surface area contributed by atoms with Crippen molar-refractivity contribution >= 4 is 25.0 Å². The van der Waals surface area contributed by atoms with Gasteiger partial charge in [0.15, 0.2) is 0 Å².